The van der Waals surface area contributed by atoms with Crippen molar-refractivity contribution >= 4 is 17.6 Å². The second-order valence-corrected chi connectivity index (χ2v) is 7.67. The molecule has 0 spiro atoms. The van der Waals surface area contributed by atoms with Gasteiger partial charge in [-0.05, 0) is 35.9 Å². The molecule has 1 unspecified atom stereocenters. The summed E-state index contributed by atoms with van der Waals surface area (Å²) in [7, 11) is 0. The summed E-state index contributed by atoms with van der Waals surface area (Å²) in [4.78, 5) is 23.5. The third kappa shape index (κ3) is 8.61. The zero-order valence-electron chi connectivity index (χ0n) is 18.7. The summed E-state index contributed by atoms with van der Waals surface area (Å²) in [5.41, 5.74) is -5.65. The van der Waals surface area contributed by atoms with E-state index in [2.05, 4.69) is 0 Å². The van der Waals surface area contributed by atoms with Crippen molar-refractivity contribution in [1.82, 2.24) is 10.6 Å². The number of alkyl halides is 9. The number of amides is 2. The van der Waals surface area contributed by atoms with Gasteiger partial charge in [-0.2, -0.15) is 39.5 Å². The molecule has 2 aromatic rings. The molecule has 1 atom stereocenters. The highest BCUT2D eigenvalue weighted by Gasteiger charge is 2.41. The van der Waals surface area contributed by atoms with Crippen molar-refractivity contribution in [3.8, 4) is 0 Å². The van der Waals surface area contributed by atoms with Crippen LogP contribution in [0.4, 0.5) is 57.1 Å². The van der Waals surface area contributed by atoms with Crippen LogP contribution in [0.1, 0.15) is 33.0 Å². The van der Waals surface area contributed by atoms with Crippen molar-refractivity contribution in [3.05, 3.63) is 76.1 Å². The van der Waals surface area contributed by atoms with E-state index in [1.165, 1.54) is 5.32 Å². The number of nitrogens with one attached hydrogen (secondary N) is 2. The molecule has 0 saturated carbocycles. The van der Waals surface area contributed by atoms with Crippen LogP contribution in [-0.4, -0.2) is 37.3 Å². The average molecular weight is 584 g/mol. The van der Waals surface area contributed by atoms with Crippen molar-refractivity contribution in [3.63, 3.8) is 0 Å². The maximum absolute atomic E-state index is 14.7. The van der Waals surface area contributed by atoms with Crippen LogP contribution in [0.2, 0.25) is 0 Å². The largest absolute Gasteiger partial charge is 0.417 e. The fourth-order valence-corrected chi connectivity index (χ4v) is 3.02. The molecule has 2 N–H and O–H groups in total. The fourth-order valence-electron chi connectivity index (χ4n) is 3.02. The third-order valence-corrected chi connectivity index (χ3v) is 4.77. The number of benzene rings is 2. The molecule has 0 aromatic heterocycles. The molecule has 39 heavy (non-hydrogen) atoms. The molecule has 0 aliphatic heterocycles. The van der Waals surface area contributed by atoms with Gasteiger partial charge < -0.3 is 10.6 Å². The first kappa shape index (κ1) is 31.4. The smallest absolute Gasteiger partial charge is 0.345 e. The molecule has 2 amide bonds. The fraction of sp³-hybridized carbons (Fsp3) is 0.273. The van der Waals surface area contributed by atoms with Gasteiger partial charge in [0.2, 0.25) is 5.91 Å². The molecule has 0 fully saturated rings. The minimum atomic E-state index is -5.45. The van der Waals surface area contributed by atoms with Crippen LogP contribution < -0.4 is 10.6 Å². The topological polar surface area (TPSA) is 58.2 Å². The van der Waals surface area contributed by atoms with E-state index in [0.717, 1.165) is 0 Å². The van der Waals surface area contributed by atoms with E-state index in [4.69, 9.17) is 0 Å². The summed E-state index contributed by atoms with van der Waals surface area (Å²) in [5.74, 6) is -14.4. The lowest BCUT2D eigenvalue weighted by Gasteiger charge is -2.19. The van der Waals surface area contributed by atoms with E-state index >= 15 is 0 Å². The molecule has 0 radical (unpaired) electrons. The summed E-state index contributed by atoms with van der Waals surface area (Å²) in [5, 5.41) is 2.94. The predicted octanol–water partition coefficient (Wildman–Crippen LogP) is 6.19. The Balaban J connectivity index is 2.41. The highest BCUT2D eigenvalue weighted by molar-refractivity contribution is 5.98. The number of hydrogen-bond acceptors (Lipinski definition) is 2. The quantitative estimate of drug-likeness (QED) is 0.302. The molecular weight excluding hydrogens is 571 g/mol. The number of rotatable bonds is 7. The Bertz CT molecular complexity index is 1240. The molecular formula is C22H13F13N2O2. The molecule has 214 valence electrons. The van der Waals surface area contributed by atoms with Gasteiger partial charge in [-0.1, -0.05) is 6.07 Å². The van der Waals surface area contributed by atoms with Gasteiger partial charge in [0.05, 0.1) is 17.7 Å². The molecule has 2 aromatic carbocycles. The minimum absolute atomic E-state index is 0.0796. The van der Waals surface area contributed by atoms with Gasteiger partial charge in [-0.3, -0.25) is 9.59 Å². The number of allylic oxidation sites excluding steroid dienone is 1. The van der Waals surface area contributed by atoms with Crippen LogP contribution in [0.25, 0.3) is 5.83 Å². The van der Waals surface area contributed by atoms with Crippen molar-refractivity contribution in [2.24, 2.45) is 0 Å². The summed E-state index contributed by atoms with van der Waals surface area (Å²) >= 11 is 0. The standard InChI is InChI=1S/C22H13F13N2O2/c23-14(6-12(21(30,31)32)10-4-15(24)18(26)16(25)5-10)9-1-2-11(13(3-9)22(33,34)35)19(39)36-7-17(38)37-8-20(27,28)29/h1-6,12H,7-8H2,(H,36,39)(H,37,38). The Hall–Kier alpha value is -3.79. The maximum Gasteiger partial charge on any atom is 0.417 e. The number of hydrogen-bond donors (Lipinski definition) is 2. The van der Waals surface area contributed by atoms with Crippen molar-refractivity contribution in [2.45, 2.75) is 24.4 Å². The van der Waals surface area contributed by atoms with Crippen LogP contribution in [0.3, 0.4) is 0 Å². The van der Waals surface area contributed by atoms with E-state index in [-0.39, 0.29) is 24.3 Å². The Kier molecular flexibility index (Phi) is 9.29. The summed E-state index contributed by atoms with van der Waals surface area (Å²) in [6.07, 6.45) is -16.0. The normalized spacial score (nSPS) is 13.7. The lowest BCUT2D eigenvalue weighted by Crippen LogP contribution is -2.41. The Labute approximate surface area is 209 Å². The molecule has 2 rings (SSSR count). The van der Waals surface area contributed by atoms with Crippen LogP contribution in [-0.2, 0) is 11.0 Å². The van der Waals surface area contributed by atoms with E-state index in [0.29, 0.717) is 12.1 Å². The lowest BCUT2D eigenvalue weighted by molar-refractivity contribution is -0.140. The number of carbonyl (C=O) groups excluding carboxylic acids is 2. The van der Waals surface area contributed by atoms with Gasteiger partial charge in [0.25, 0.3) is 5.91 Å². The first-order chi connectivity index (χ1) is 17.7. The highest BCUT2D eigenvalue weighted by Crippen LogP contribution is 2.40. The van der Waals surface area contributed by atoms with E-state index in [1.54, 1.807) is 5.32 Å². The first-order valence-electron chi connectivity index (χ1n) is 10.1. The number of carbonyl (C=O) groups is 2. The number of halogens is 13. The van der Waals surface area contributed by atoms with Gasteiger partial charge in [0.15, 0.2) is 17.5 Å². The zero-order valence-corrected chi connectivity index (χ0v) is 18.7. The van der Waals surface area contributed by atoms with E-state index < -0.39 is 94.9 Å². The van der Waals surface area contributed by atoms with Crippen molar-refractivity contribution in [1.29, 1.82) is 0 Å². The maximum atomic E-state index is 14.7. The van der Waals surface area contributed by atoms with Crippen molar-refractivity contribution in [2.75, 3.05) is 13.1 Å². The van der Waals surface area contributed by atoms with Crippen LogP contribution >= 0.6 is 0 Å². The molecule has 0 bridgehead atoms. The van der Waals surface area contributed by atoms with E-state index in [1.807, 2.05) is 0 Å². The second-order valence-electron chi connectivity index (χ2n) is 7.67. The molecule has 0 aliphatic rings. The lowest BCUT2D eigenvalue weighted by atomic mass is 9.95. The van der Waals surface area contributed by atoms with Gasteiger partial charge in [-0.25, -0.2) is 17.6 Å². The Morgan fingerprint density at radius 2 is 1.41 bits per heavy atom. The summed E-state index contributed by atoms with van der Waals surface area (Å²) in [6.45, 7) is -2.99. The van der Waals surface area contributed by atoms with Crippen LogP contribution in [0.15, 0.2) is 36.4 Å². The van der Waals surface area contributed by atoms with Crippen LogP contribution in [0, 0.1) is 17.5 Å². The minimum Gasteiger partial charge on any atom is -0.345 e. The van der Waals surface area contributed by atoms with Gasteiger partial charge in [0, 0.05) is 5.56 Å². The first-order valence-corrected chi connectivity index (χ1v) is 10.1. The summed E-state index contributed by atoms with van der Waals surface area (Å²) in [6, 6.07) is 0.497. The van der Waals surface area contributed by atoms with Crippen molar-refractivity contribution < 1.29 is 66.7 Å². The molecule has 0 saturated heterocycles. The molecule has 0 aliphatic carbocycles. The monoisotopic (exact) mass is 584 g/mol. The van der Waals surface area contributed by atoms with Crippen LogP contribution in [0.5, 0.6) is 0 Å². The second kappa shape index (κ2) is 11.5. The molecule has 4 nitrogen and oxygen atoms in total. The Morgan fingerprint density at radius 1 is 0.846 bits per heavy atom. The molecule has 0 heterocycles. The van der Waals surface area contributed by atoms with E-state index in [9.17, 15) is 66.7 Å². The molecule has 17 heteroatoms. The highest BCUT2D eigenvalue weighted by atomic mass is 19.4. The Morgan fingerprint density at radius 3 is 1.90 bits per heavy atom. The predicted molar refractivity (Wildman–Crippen MR) is 107 cm³/mol. The average Bonchev–Trinajstić information content (AvgIpc) is 2.80. The summed E-state index contributed by atoms with van der Waals surface area (Å²) < 4.78 is 172. The third-order valence-electron chi connectivity index (χ3n) is 4.77. The van der Waals surface area contributed by atoms with Gasteiger partial charge >= 0.3 is 18.5 Å². The zero-order chi connectivity index (χ0) is 29.9. The van der Waals surface area contributed by atoms with Gasteiger partial charge in [0.1, 0.15) is 18.3 Å². The van der Waals surface area contributed by atoms with Gasteiger partial charge in [-0.15, -0.1) is 0 Å². The SMILES string of the molecule is O=C(CNC(=O)c1ccc(C(F)=CC(c2cc(F)c(F)c(F)c2)C(F)(F)F)cc1C(F)(F)F)NCC(F)(F)F.